The number of benzene rings is 2. The van der Waals surface area contributed by atoms with E-state index in [1.807, 2.05) is 24.3 Å². The molecule has 3 aromatic rings. The van der Waals surface area contributed by atoms with Gasteiger partial charge >= 0.3 is 0 Å². The fourth-order valence-electron chi connectivity index (χ4n) is 3.92. The van der Waals surface area contributed by atoms with Crippen LogP contribution in [-0.4, -0.2) is 23.6 Å². The van der Waals surface area contributed by atoms with E-state index >= 15 is 0 Å². The summed E-state index contributed by atoms with van der Waals surface area (Å²) in [7, 11) is 2.05. The van der Waals surface area contributed by atoms with Crippen molar-refractivity contribution < 1.29 is 4.79 Å². The molecule has 4 nitrogen and oxygen atoms in total. The lowest BCUT2D eigenvalue weighted by molar-refractivity contribution is -0.115. The van der Waals surface area contributed by atoms with Crippen LogP contribution < -0.4 is 10.2 Å². The highest BCUT2D eigenvalue weighted by atomic mass is 16.1. The highest BCUT2D eigenvalue weighted by molar-refractivity contribution is 5.96. The molecule has 0 radical (unpaired) electrons. The predicted octanol–water partition coefficient (Wildman–Crippen LogP) is 4.27. The highest BCUT2D eigenvalue weighted by Crippen LogP contribution is 2.26. The number of rotatable bonds is 4. The van der Waals surface area contributed by atoms with Crippen molar-refractivity contribution in [2.45, 2.75) is 26.2 Å². The van der Waals surface area contributed by atoms with Crippen molar-refractivity contribution in [3.63, 3.8) is 0 Å². The quantitative estimate of drug-likeness (QED) is 0.765. The lowest BCUT2D eigenvalue weighted by atomic mass is 10.1. The number of nitrogens with one attached hydrogen (secondary N) is 1. The Bertz CT molecular complexity index is 934. The molecule has 134 valence electrons. The fraction of sp³-hybridized carbons (Fsp3) is 0.318. The van der Waals surface area contributed by atoms with Crippen LogP contribution in [0.15, 0.2) is 48.5 Å². The van der Waals surface area contributed by atoms with Gasteiger partial charge in [0.25, 0.3) is 0 Å². The monoisotopic (exact) mass is 347 g/mol. The number of carbonyl (C=O) groups is 1. The maximum Gasteiger partial charge on any atom is 0.228 e. The Morgan fingerprint density at radius 2 is 1.73 bits per heavy atom. The van der Waals surface area contributed by atoms with Gasteiger partial charge in [-0.1, -0.05) is 18.2 Å². The van der Waals surface area contributed by atoms with E-state index in [9.17, 15) is 4.79 Å². The fourth-order valence-corrected chi connectivity index (χ4v) is 3.92. The van der Waals surface area contributed by atoms with Crippen LogP contribution in [0.3, 0.4) is 0 Å². The largest absolute Gasteiger partial charge is 0.372 e. The third kappa shape index (κ3) is 3.07. The summed E-state index contributed by atoms with van der Waals surface area (Å²) in [6.07, 6.45) is 2.92. The lowest BCUT2D eigenvalue weighted by Gasteiger charge is -2.17. The van der Waals surface area contributed by atoms with Crippen molar-refractivity contribution in [1.29, 1.82) is 0 Å². The Labute approximate surface area is 154 Å². The van der Waals surface area contributed by atoms with Crippen LogP contribution in [-0.2, 0) is 18.3 Å². The molecule has 26 heavy (non-hydrogen) atoms. The summed E-state index contributed by atoms with van der Waals surface area (Å²) in [5.41, 5.74) is 5.52. The molecular weight excluding hydrogens is 322 g/mol. The number of carbonyl (C=O) groups excluding carboxylic acids is 1. The second-order valence-corrected chi connectivity index (χ2v) is 7.11. The first-order chi connectivity index (χ1) is 12.6. The molecule has 0 saturated carbocycles. The number of para-hydroxylation sites is 1. The minimum absolute atomic E-state index is 0.0263. The van der Waals surface area contributed by atoms with Crippen molar-refractivity contribution in [3.05, 3.63) is 59.8 Å². The molecule has 1 aromatic heterocycles. The third-order valence-corrected chi connectivity index (χ3v) is 5.49. The van der Waals surface area contributed by atoms with E-state index in [4.69, 9.17) is 0 Å². The van der Waals surface area contributed by atoms with Gasteiger partial charge in [0.2, 0.25) is 5.91 Å². The van der Waals surface area contributed by atoms with Crippen molar-refractivity contribution in [3.8, 4) is 0 Å². The molecule has 0 bridgehead atoms. The smallest absolute Gasteiger partial charge is 0.228 e. The summed E-state index contributed by atoms with van der Waals surface area (Å²) >= 11 is 0. The lowest BCUT2D eigenvalue weighted by Crippen LogP contribution is -2.18. The second-order valence-electron chi connectivity index (χ2n) is 7.11. The van der Waals surface area contributed by atoms with Crippen molar-refractivity contribution in [1.82, 2.24) is 4.57 Å². The average Bonchev–Trinajstić information content (AvgIpc) is 3.27. The Kier molecular flexibility index (Phi) is 4.41. The van der Waals surface area contributed by atoms with E-state index in [-0.39, 0.29) is 5.91 Å². The number of fused-ring (bicyclic) bond motifs is 1. The van der Waals surface area contributed by atoms with Crippen LogP contribution in [0.4, 0.5) is 11.4 Å². The predicted molar refractivity (Wildman–Crippen MR) is 108 cm³/mol. The summed E-state index contributed by atoms with van der Waals surface area (Å²) in [6.45, 7) is 4.34. The number of hydrogen-bond acceptors (Lipinski definition) is 2. The normalized spacial score (nSPS) is 14.2. The van der Waals surface area contributed by atoms with Crippen LogP contribution in [0, 0.1) is 6.92 Å². The van der Waals surface area contributed by atoms with E-state index < -0.39 is 0 Å². The van der Waals surface area contributed by atoms with E-state index in [0.29, 0.717) is 6.42 Å². The topological polar surface area (TPSA) is 37.3 Å². The van der Waals surface area contributed by atoms with Crippen LogP contribution in [0.1, 0.15) is 24.1 Å². The molecule has 0 atom stereocenters. The Hall–Kier alpha value is -2.75. The van der Waals surface area contributed by atoms with E-state index in [2.05, 4.69) is 53.0 Å². The zero-order valence-corrected chi connectivity index (χ0v) is 15.5. The van der Waals surface area contributed by atoms with Crippen molar-refractivity contribution in [2.24, 2.45) is 7.05 Å². The summed E-state index contributed by atoms with van der Waals surface area (Å²) in [5.74, 6) is 0.0263. The number of nitrogens with zero attached hydrogens (tertiary/aromatic N) is 2. The van der Waals surface area contributed by atoms with Gasteiger partial charge < -0.3 is 14.8 Å². The first-order valence-electron chi connectivity index (χ1n) is 9.31. The first kappa shape index (κ1) is 16.7. The molecule has 1 aliphatic rings. The Morgan fingerprint density at radius 3 is 2.46 bits per heavy atom. The van der Waals surface area contributed by atoms with Gasteiger partial charge in [0.05, 0.1) is 6.42 Å². The van der Waals surface area contributed by atoms with E-state index in [1.165, 1.54) is 24.0 Å². The number of aromatic nitrogens is 1. The van der Waals surface area contributed by atoms with Gasteiger partial charge in [-0.05, 0) is 55.7 Å². The summed E-state index contributed by atoms with van der Waals surface area (Å²) in [6, 6.07) is 16.5. The standard InChI is InChI=1S/C22H25N3O/c1-16-20(19-7-3-4-8-21(19)24(16)2)15-22(26)23-17-9-11-18(12-10-17)25-13-5-6-14-25/h3-4,7-12H,5-6,13-15H2,1-2H3,(H,23,26). The minimum atomic E-state index is 0.0263. The molecule has 1 saturated heterocycles. The summed E-state index contributed by atoms with van der Waals surface area (Å²) in [4.78, 5) is 15.0. The van der Waals surface area contributed by atoms with Crippen LogP contribution in [0.25, 0.3) is 10.9 Å². The van der Waals surface area contributed by atoms with Gasteiger partial charge in [0, 0.05) is 48.1 Å². The van der Waals surface area contributed by atoms with Crippen LogP contribution in [0.2, 0.25) is 0 Å². The number of anilines is 2. The second kappa shape index (κ2) is 6.87. The molecule has 4 rings (SSSR count). The van der Waals surface area contributed by atoms with Gasteiger partial charge in [-0.2, -0.15) is 0 Å². The Morgan fingerprint density at radius 1 is 1.04 bits per heavy atom. The van der Waals surface area contributed by atoms with Gasteiger partial charge in [-0.3, -0.25) is 4.79 Å². The molecule has 0 aliphatic carbocycles. The van der Waals surface area contributed by atoms with Crippen LogP contribution >= 0.6 is 0 Å². The number of hydrogen-bond donors (Lipinski definition) is 1. The molecule has 1 N–H and O–H groups in total. The van der Waals surface area contributed by atoms with Gasteiger partial charge in [-0.15, -0.1) is 0 Å². The minimum Gasteiger partial charge on any atom is -0.372 e. The third-order valence-electron chi connectivity index (χ3n) is 5.49. The van der Waals surface area contributed by atoms with Gasteiger partial charge in [0.1, 0.15) is 0 Å². The zero-order valence-electron chi connectivity index (χ0n) is 15.5. The molecule has 1 aliphatic heterocycles. The first-order valence-corrected chi connectivity index (χ1v) is 9.31. The molecule has 0 spiro atoms. The SMILES string of the molecule is Cc1c(CC(=O)Nc2ccc(N3CCCC3)cc2)c2ccccc2n1C. The van der Waals surface area contributed by atoms with Crippen LogP contribution in [0.5, 0.6) is 0 Å². The van der Waals surface area contributed by atoms with Crippen molar-refractivity contribution >= 4 is 28.2 Å². The maximum atomic E-state index is 12.6. The Balaban J connectivity index is 1.48. The molecule has 2 aromatic carbocycles. The van der Waals surface area contributed by atoms with E-state index in [1.54, 1.807) is 0 Å². The zero-order chi connectivity index (χ0) is 18.1. The van der Waals surface area contributed by atoms with E-state index in [0.717, 1.165) is 35.4 Å². The molecule has 4 heteroatoms. The molecule has 1 amide bonds. The summed E-state index contributed by atoms with van der Waals surface area (Å²) in [5, 5.41) is 4.20. The van der Waals surface area contributed by atoms with Gasteiger partial charge in [-0.25, -0.2) is 0 Å². The summed E-state index contributed by atoms with van der Waals surface area (Å²) < 4.78 is 2.16. The molecule has 1 fully saturated rings. The highest BCUT2D eigenvalue weighted by Gasteiger charge is 2.15. The van der Waals surface area contributed by atoms with Crippen molar-refractivity contribution in [2.75, 3.05) is 23.3 Å². The molecular formula is C22H25N3O. The number of aryl methyl sites for hydroxylation is 1. The number of amides is 1. The van der Waals surface area contributed by atoms with Gasteiger partial charge in [0.15, 0.2) is 0 Å². The average molecular weight is 347 g/mol. The molecule has 0 unspecified atom stereocenters. The maximum absolute atomic E-state index is 12.6. The molecule has 2 heterocycles.